The van der Waals surface area contributed by atoms with Crippen LogP contribution in [0.2, 0.25) is 0 Å². The van der Waals surface area contributed by atoms with Gasteiger partial charge in [-0.05, 0) is 23.8 Å². The zero-order valence-corrected chi connectivity index (χ0v) is 11.4. The van der Waals surface area contributed by atoms with E-state index >= 15 is 0 Å². The molecule has 1 heteroatoms. The van der Waals surface area contributed by atoms with Gasteiger partial charge in [0, 0.05) is 5.39 Å². The standard InChI is InChI=1S/C17H22O/c1-3-5-13-18-17-15(8-4-2)12-11-14-9-6-7-10-16(14)17/h6-7,9-12H,3-5,8,13H2,1-2H3. The summed E-state index contributed by atoms with van der Waals surface area (Å²) in [5.41, 5.74) is 1.34. The van der Waals surface area contributed by atoms with Crippen molar-refractivity contribution in [3.63, 3.8) is 0 Å². The third-order valence-corrected chi connectivity index (χ3v) is 3.22. The normalized spacial score (nSPS) is 10.8. The van der Waals surface area contributed by atoms with Gasteiger partial charge in [0.15, 0.2) is 0 Å². The minimum atomic E-state index is 0.821. The SMILES string of the molecule is CCCCOc1c(CCC)ccc2ccccc12. The molecule has 96 valence electrons. The number of rotatable bonds is 6. The van der Waals surface area contributed by atoms with Gasteiger partial charge in [-0.1, -0.05) is 63.1 Å². The molecule has 0 aromatic heterocycles. The number of fused-ring (bicyclic) bond motifs is 1. The maximum Gasteiger partial charge on any atom is 0.130 e. The summed E-state index contributed by atoms with van der Waals surface area (Å²) in [5.74, 6) is 1.10. The molecule has 2 rings (SSSR count). The van der Waals surface area contributed by atoms with Gasteiger partial charge < -0.3 is 4.74 Å². The monoisotopic (exact) mass is 242 g/mol. The average Bonchev–Trinajstić information content (AvgIpc) is 2.41. The maximum atomic E-state index is 6.04. The summed E-state index contributed by atoms with van der Waals surface area (Å²) in [6.45, 7) is 5.23. The molecule has 0 spiro atoms. The molecule has 0 atom stereocenters. The third-order valence-electron chi connectivity index (χ3n) is 3.22. The topological polar surface area (TPSA) is 9.23 Å². The van der Waals surface area contributed by atoms with Crippen LogP contribution < -0.4 is 4.74 Å². The highest BCUT2D eigenvalue weighted by molar-refractivity contribution is 5.89. The molecule has 0 aliphatic rings. The second kappa shape index (κ2) is 6.44. The Kier molecular flexibility index (Phi) is 4.63. The Hall–Kier alpha value is -1.50. The lowest BCUT2D eigenvalue weighted by molar-refractivity contribution is 0.310. The minimum absolute atomic E-state index is 0.821. The van der Waals surface area contributed by atoms with Crippen LogP contribution in [0.4, 0.5) is 0 Å². The lowest BCUT2D eigenvalue weighted by Gasteiger charge is -2.14. The summed E-state index contributed by atoms with van der Waals surface area (Å²) in [6.07, 6.45) is 4.54. The molecule has 0 unspecified atom stereocenters. The molecule has 0 N–H and O–H groups in total. The van der Waals surface area contributed by atoms with Crippen molar-refractivity contribution >= 4 is 10.8 Å². The molecule has 0 saturated carbocycles. The molecule has 0 amide bonds. The molecule has 2 aromatic rings. The minimum Gasteiger partial charge on any atom is -0.493 e. The van der Waals surface area contributed by atoms with Gasteiger partial charge in [0.05, 0.1) is 6.61 Å². The zero-order valence-electron chi connectivity index (χ0n) is 11.4. The molecule has 18 heavy (non-hydrogen) atoms. The number of hydrogen-bond donors (Lipinski definition) is 0. The van der Waals surface area contributed by atoms with Crippen LogP contribution in [0.3, 0.4) is 0 Å². The summed E-state index contributed by atoms with van der Waals surface area (Å²) < 4.78 is 6.04. The number of benzene rings is 2. The molecule has 0 aliphatic heterocycles. The van der Waals surface area contributed by atoms with E-state index < -0.39 is 0 Å². The number of hydrogen-bond acceptors (Lipinski definition) is 1. The van der Waals surface area contributed by atoms with E-state index in [1.807, 2.05) is 0 Å². The first kappa shape index (κ1) is 12.9. The Labute approximate surface area is 110 Å². The molecule has 0 bridgehead atoms. The van der Waals surface area contributed by atoms with Gasteiger partial charge in [-0.25, -0.2) is 0 Å². The van der Waals surface area contributed by atoms with Crippen molar-refractivity contribution in [1.29, 1.82) is 0 Å². The molecule has 0 heterocycles. The predicted octanol–water partition coefficient (Wildman–Crippen LogP) is 4.97. The van der Waals surface area contributed by atoms with Gasteiger partial charge >= 0.3 is 0 Å². The number of ether oxygens (including phenoxy) is 1. The third kappa shape index (κ3) is 2.84. The Morgan fingerprint density at radius 3 is 2.56 bits per heavy atom. The van der Waals surface area contributed by atoms with Gasteiger partial charge in [-0.2, -0.15) is 0 Å². The van der Waals surface area contributed by atoms with Gasteiger partial charge in [-0.15, -0.1) is 0 Å². The maximum absolute atomic E-state index is 6.04. The molecule has 1 nitrogen and oxygen atoms in total. The highest BCUT2D eigenvalue weighted by Crippen LogP contribution is 2.30. The van der Waals surface area contributed by atoms with E-state index in [0.29, 0.717) is 0 Å². The molecule has 0 saturated heterocycles. The van der Waals surface area contributed by atoms with Crippen LogP contribution in [-0.4, -0.2) is 6.61 Å². The van der Waals surface area contributed by atoms with Crippen LogP contribution in [0, 0.1) is 0 Å². The van der Waals surface area contributed by atoms with Crippen molar-refractivity contribution in [2.75, 3.05) is 6.61 Å². The molecule has 0 radical (unpaired) electrons. The van der Waals surface area contributed by atoms with Gasteiger partial charge in [-0.3, -0.25) is 0 Å². The Morgan fingerprint density at radius 1 is 0.944 bits per heavy atom. The van der Waals surface area contributed by atoms with E-state index in [1.165, 1.54) is 22.8 Å². The summed E-state index contributed by atoms with van der Waals surface area (Å²) in [5, 5.41) is 2.52. The van der Waals surface area contributed by atoms with E-state index in [4.69, 9.17) is 4.74 Å². The average molecular weight is 242 g/mol. The van der Waals surface area contributed by atoms with Gasteiger partial charge in [0.2, 0.25) is 0 Å². The molecule has 0 aliphatic carbocycles. The predicted molar refractivity (Wildman–Crippen MR) is 78.3 cm³/mol. The molecular formula is C17H22O. The Bertz CT molecular complexity index is 502. The van der Waals surface area contributed by atoms with Crippen molar-refractivity contribution in [3.8, 4) is 5.75 Å². The van der Waals surface area contributed by atoms with Crippen LogP contribution in [0.25, 0.3) is 10.8 Å². The Morgan fingerprint density at radius 2 is 1.78 bits per heavy atom. The summed E-state index contributed by atoms with van der Waals surface area (Å²) in [4.78, 5) is 0. The van der Waals surface area contributed by atoms with Crippen LogP contribution in [-0.2, 0) is 6.42 Å². The highest BCUT2D eigenvalue weighted by atomic mass is 16.5. The lowest BCUT2D eigenvalue weighted by atomic mass is 10.0. The van der Waals surface area contributed by atoms with Crippen molar-refractivity contribution in [2.45, 2.75) is 39.5 Å². The van der Waals surface area contributed by atoms with Crippen LogP contribution in [0.5, 0.6) is 5.75 Å². The van der Waals surface area contributed by atoms with Crippen LogP contribution in [0.15, 0.2) is 36.4 Å². The largest absolute Gasteiger partial charge is 0.493 e. The van der Waals surface area contributed by atoms with E-state index in [2.05, 4.69) is 50.2 Å². The van der Waals surface area contributed by atoms with Gasteiger partial charge in [0.1, 0.15) is 5.75 Å². The fraction of sp³-hybridized carbons (Fsp3) is 0.412. The fourth-order valence-corrected chi connectivity index (χ4v) is 2.24. The van der Waals surface area contributed by atoms with Crippen LogP contribution >= 0.6 is 0 Å². The van der Waals surface area contributed by atoms with E-state index in [9.17, 15) is 0 Å². The second-order valence-corrected chi connectivity index (χ2v) is 4.73. The van der Waals surface area contributed by atoms with Crippen molar-refractivity contribution in [3.05, 3.63) is 42.0 Å². The fourth-order valence-electron chi connectivity index (χ4n) is 2.24. The zero-order chi connectivity index (χ0) is 12.8. The first-order valence-electron chi connectivity index (χ1n) is 7.00. The second-order valence-electron chi connectivity index (χ2n) is 4.73. The first-order valence-corrected chi connectivity index (χ1v) is 7.00. The van der Waals surface area contributed by atoms with Crippen molar-refractivity contribution in [1.82, 2.24) is 0 Å². The molecule has 2 aromatic carbocycles. The molecule has 0 fully saturated rings. The van der Waals surface area contributed by atoms with E-state index in [-0.39, 0.29) is 0 Å². The quantitative estimate of drug-likeness (QED) is 0.650. The summed E-state index contributed by atoms with van der Waals surface area (Å²) in [7, 11) is 0. The Balaban J connectivity index is 2.38. The van der Waals surface area contributed by atoms with E-state index in [1.54, 1.807) is 0 Å². The summed E-state index contributed by atoms with van der Waals surface area (Å²) >= 11 is 0. The molecular weight excluding hydrogens is 220 g/mol. The van der Waals surface area contributed by atoms with Crippen molar-refractivity contribution in [2.24, 2.45) is 0 Å². The number of unbranched alkanes of at least 4 members (excludes halogenated alkanes) is 1. The van der Waals surface area contributed by atoms with Crippen molar-refractivity contribution < 1.29 is 4.74 Å². The lowest BCUT2D eigenvalue weighted by Crippen LogP contribution is -2.00. The number of aryl methyl sites for hydroxylation is 1. The highest BCUT2D eigenvalue weighted by Gasteiger charge is 2.08. The van der Waals surface area contributed by atoms with Gasteiger partial charge in [0.25, 0.3) is 0 Å². The van der Waals surface area contributed by atoms with Crippen LogP contribution in [0.1, 0.15) is 38.7 Å². The smallest absolute Gasteiger partial charge is 0.130 e. The van der Waals surface area contributed by atoms with E-state index in [0.717, 1.165) is 31.6 Å². The summed E-state index contributed by atoms with van der Waals surface area (Å²) in [6, 6.07) is 12.9. The first-order chi connectivity index (χ1) is 8.86.